The fraction of sp³-hybridized carbons (Fsp3) is 0.462. The predicted molar refractivity (Wildman–Crippen MR) is 67.2 cm³/mol. The molecule has 1 heterocycles. The molecule has 115 valence electrons. The molecule has 21 heavy (non-hydrogen) atoms. The SMILES string of the molecule is O=C1[N]CCN1c1ccc(OCCC(F)(F)C(F)F)cc1. The van der Waals surface area contributed by atoms with Crippen LogP contribution in [0.2, 0.25) is 0 Å². The second-order valence-electron chi connectivity index (χ2n) is 4.47. The largest absolute Gasteiger partial charge is 0.493 e. The summed E-state index contributed by atoms with van der Waals surface area (Å²) < 4.78 is 54.2. The molecule has 4 nitrogen and oxygen atoms in total. The van der Waals surface area contributed by atoms with Crippen LogP contribution in [0.5, 0.6) is 5.75 Å². The van der Waals surface area contributed by atoms with Crippen LogP contribution in [0.4, 0.5) is 28.0 Å². The number of halogens is 4. The van der Waals surface area contributed by atoms with Gasteiger partial charge in [-0.25, -0.2) is 27.7 Å². The fourth-order valence-corrected chi connectivity index (χ4v) is 1.80. The molecule has 8 heteroatoms. The highest BCUT2D eigenvalue weighted by atomic mass is 19.3. The minimum absolute atomic E-state index is 0.271. The van der Waals surface area contributed by atoms with Crippen molar-refractivity contribution in [2.45, 2.75) is 18.8 Å². The number of urea groups is 1. The molecule has 0 aromatic heterocycles. The summed E-state index contributed by atoms with van der Waals surface area (Å²) in [6, 6.07) is 5.81. The van der Waals surface area contributed by atoms with Gasteiger partial charge in [-0.1, -0.05) is 0 Å². The average Bonchev–Trinajstić information content (AvgIpc) is 2.85. The molecule has 1 fully saturated rings. The van der Waals surface area contributed by atoms with Gasteiger partial charge in [0.1, 0.15) is 5.75 Å². The van der Waals surface area contributed by atoms with Gasteiger partial charge in [0.15, 0.2) is 0 Å². The zero-order chi connectivity index (χ0) is 15.5. The molecule has 1 aliphatic heterocycles. The van der Waals surface area contributed by atoms with Crippen molar-refractivity contribution in [3.63, 3.8) is 0 Å². The van der Waals surface area contributed by atoms with E-state index in [2.05, 4.69) is 5.32 Å². The van der Waals surface area contributed by atoms with Crippen molar-refractivity contribution in [1.29, 1.82) is 0 Å². The Labute approximate surface area is 118 Å². The molecule has 1 aromatic rings. The van der Waals surface area contributed by atoms with Crippen molar-refractivity contribution in [3.8, 4) is 5.75 Å². The van der Waals surface area contributed by atoms with Crippen LogP contribution in [0, 0.1) is 0 Å². The number of benzene rings is 1. The van der Waals surface area contributed by atoms with E-state index >= 15 is 0 Å². The van der Waals surface area contributed by atoms with E-state index in [1.165, 1.54) is 17.0 Å². The second kappa shape index (κ2) is 6.19. The van der Waals surface area contributed by atoms with Gasteiger partial charge in [0, 0.05) is 12.2 Å². The van der Waals surface area contributed by atoms with Crippen molar-refractivity contribution in [2.24, 2.45) is 0 Å². The first kappa shape index (κ1) is 15.4. The molecule has 0 aliphatic carbocycles. The second-order valence-corrected chi connectivity index (χ2v) is 4.47. The van der Waals surface area contributed by atoms with E-state index in [0.29, 0.717) is 18.8 Å². The van der Waals surface area contributed by atoms with Crippen molar-refractivity contribution >= 4 is 11.7 Å². The minimum atomic E-state index is -4.05. The molecule has 1 aromatic carbocycles. The van der Waals surface area contributed by atoms with Gasteiger partial charge in [-0.2, -0.15) is 0 Å². The summed E-state index contributed by atoms with van der Waals surface area (Å²) in [4.78, 5) is 12.8. The number of nitrogens with zero attached hydrogens (tertiary/aromatic N) is 2. The Hall–Kier alpha value is -1.99. The van der Waals surface area contributed by atoms with Crippen LogP contribution < -0.4 is 15.0 Å². The number of rotatable bonds is 6. The van der Waals surface area contributed by atoms with Gasteiger partial charge in [0.2, 0.25) is 0 Å². The van der Waals surface area contributed by atoms with E-state index in [9.17, 15) is 22.4 Å². The zero-order valence-corrected chi connectivity index (χ0v) is 10.9. The Morgan fingerprint density at radius 3 is 2.48 bits per heavy atom. The van der Waals surface area contributed by atoms with Crippen molar-refractivity contribution in [1.82, 2.24) is 5.32 Å². The molecule has 0 spiro atoms. The average molecular weight is 305 g/mol. The lowest BCUT2D eigenvalue weighted by Gasteiger charge is -2.16. The Balaban J connectivity index is 1.87. The van der Waals surface area contributed by atoms with Gasteiger partial charge in [-0.15, -0.1) is 0 Å². The van der Waals surface area contributed by atoms with E-state index in [1.54, 1.807) is 12.1 Å². The maximum Gasteiger partial charge on any atom is 0.343 e. The van der Waals surface area contributed by atoms with Gasteiger partial charge in [-0.05, 0) is 24.3 Å². The maximum atomic E-state index is 12.7. The van der Waals surface area contributed by atoms with Crippen molar-refractivity contribution in [3.05, 3.63) is 24.3 Å². The van der Waals surface area contributed by atoms with E-state index in [0.717, 1.165) is 0 Å². The lowest BCUT2D eigenvalue weighted by atomic mass is 10.2. The first-order valence-electron chi connectivity index (χ1n) is 6.28. The van der Waals surface area contributed by atoms with Crippen LogP contribution in [0.1, 0.15) is 6.42 Å². The van der Waals surface area contributed by atoms with Crippen LogP contribution in [-0.2, 0) is 0 Å². The third-order valence-electron chi connectivity index (χ3n) is 2.97. The highest BCUT2D eigenvalue weighted by molar-refractivity contribution is 5.93. The number of ether oxygens (including phenoxy) is 1. The molecule has 2 rings (SSSR count). The Bertz CT molecular complexity index is 493. The monoisotopic (exact) mass is 305 g/mol. The topological polar surface area (TPSA) is 43.6 Å². The number of hydrogen-bond donors (Lipinski definition) is 0. The molecule has 0 saturated carbocycles. The number of amides is 2. The summed E-state index contributed by atoms with van der Waals surface area (Å²) in [6.45, 7) is 0.397. The lowest BCUT2D eigenvalue weighted by Crippen LogP contribution is -2.28. The summed E-state index contributed by atoms with van der Waals surface area (Å²) in [6.07, 6.45) is -4.76. The van der Waals surface area contributed by atoms with E-state index in [-0.39, 0.29) is 11.8 Å². The van der Waals surface area contributed by atoms with Crippen molar-refractivity contribution in [2.75, 3.05) is 24.6 Å². The number of carbonyl (C=O) groups is 1. The predicted octanol–water partition coefficient (Wildman–Crippen LogP) is 2.90. The van der Waals surface area contributed by atoms with Gasteiger partial charge in [0.05, 0.1) is 19.6 Å². The summed E-state index contributed by atoms with van der Waals surface area (Å²) in [7, 11) is 0. The Kier molecular flexibility index (Phi) is 4.54. The molecule has 0 atom stereocenters. The smallest absolute Gasteiger partial charge is 0.343 e. The van der Waals surface area contributed by atoms with E-state index in [4.69, 9.17) is 4.74 Å². The number of alkyl halides is 4. The molecule has 1 saturated heterocycles. The normalized spacial score (nSPS) is 15.5. The molecule has 0 bridgehead atoms. The number of anilines is 1. The summed E-state index contributed by atoms with van der Waals surface area (Å²) in [5.74, 6) is -3.78. The van der Waals surface area contributed by atoms with Gasteiger partial charge in [-0.3, -0.25) is 4.90 Å². The molecule has 0 unspecified atom stereocenters. The van der Waals surface area contributed by atoms with Crippen LogP contribution in [0.3, 0.4) is 0 Å². The Morgan fingerprint density at radius 2 is 1.95 bits per heavy atom. The van der Waals surface area contributed by atoms with E-state index in [1.807, 2.05) is 0 Å². The van der Waals surface area contributed by atoms with Crippen LogP contribution >= 0.6 is 0 Å². The van der Waals surface area contributed by atoms with Crippen molar-refractivity contribution < 1.29 is 27.1 Å². The summed E-state index contributed by atoms with van der Waals surface area (Å²) in [5, 5.41) is 3.71. The molecule has 1 radical (unpaired) electrons. The number of carbonyl (C=O) groups excluding carboxylic acids is 1. The lowest BCUT2D eigenvalue weighted by molar-refractivity contribution is -0.137. The summed E-state index contributed by atoms with van der Waals surface area (Å²) in [5.41, 5.74) is 0.617. The van der Waals surface area contributed by atoms with Crippen LogP contribution in [0.15, 0.2) is 24.3 Å². The highest BCUT2D eigenvalue weighted by Gasteiger charge is 2.40. The maximum absolute atomic E-state index is 12.7. The minimum Gasteiger partial charge on any atom is -0.493 e. The van der Waals surface area contributed by atoms with Gasteiger partial charge in [0.25, 0.3) is 0 Å². The molecule has 1 aliphatic rings. The van der Waals surface area contributed by atoms with Gasteiger partial charge < -0.3 is 4.74 Å². The molecular weight excluding hydrogens is 292 g/mol. The van der Waals surface area contributed by atoms with Crippen LogP contribution in [0.25, 0.3) is 0 Å². The zero-order valence-electron chi connectivity index (χ0n) is 10.9. The standard InChI is InChI=1S/C13H13F4N2O2/c14-11(15)13(16,17)5-8-21-10-3-1-9(2-4-10)19-7-6-18-12(19)20/h1-4,11H,5-8H2. The van der Waals surface area contributed by atoms with Crippen LogP contribution in [-0.4, -0.2) is 38.1 Å². The quantitative estimate of drug-likeness (QED) is 0.759. The molecule has 2 amide bonds. The summed E-state index contributed by atoms with van der Waals surface area (Å²) >= 11 is 0. The highest BCUT2D eigenvalue weighted by Crippen LogP contribution is 2.27. The van der Waals surface area contributed by atoms with Gasteiger partial charge >= 0.3 is 18.4 Å². The molecule has 0 N–H and O–H groups in total. The first-order chi connectivity index (χ1) is 9.90. The fourth-order valence-electron chi connectivity index (χ4n) is 1.80. The third-order valence-corrected chi connectivity index (χ3v) is 2.97. The number of hydrogen-bond acceptors (Lipinski definition) is 2. The first-order valence-corrected chi connectivity index (χ1v) is 6.28. The molecular formula is C13H13F4N2O2. The van der Waals surface area contributed by atoms with E-state index < -0.39 is 25.4 Å². The third kappa shape index (κ3) is 3.77. The Morgan fingerprint density at radius 1 is 1.29 bits per heavy atom.